The summed E-state index contributed by atoms with van der Waals surface area (Å²) in [4.78, 5) is 16.2. The number of hydrogen-bond acceptors (Lipinski definition) is 9. The highest BCUT2D eigenvalue weighted by atomic mass is 16.5. The summed E-state index contributed by atoms with van der Waals surface area (Å²) < 4.78 is 17.9. The van der Waals surface area contributed by atoms with Crippen molar-refractivity contribution in [1.82, 2.24) is 30.1 Å². The number of amides is 1. The van der Waals surface area contributed by atoms with Gasteiger partial charge in [-0.05, 0) is 24.3 Å². The van der Waals surface area contributed by atoms with Gasteiger partial charge in [-0.15, -0.1) is 10.2 Å². The summed E-state index contributed by atoms with van der Waals surface area (Å²) in [5.74, 6) is 1.41. The Kier molecular flexibility index (Phi) is 6.33. The Balaban J connectivity index is 1.43. The third kappa shape index (κ3) is 4.71. The molecule has 0 unspecified atom stereocenters. The van der Waals surface area contributed by atoms with Gasteiger partial charge in [-0.1, -0.05) is 5.16 Å². The molecule has 0 aliphatic heterocycles. The van der Waals surface area contributed by atoms with E-state index in [4.69, 9.17) is 19.3 Å². The number of methoxy groups -OCH3 is 1. The minimum absolute atomic E-state index is 0.210. The van der Waals surface area contributed by atoms with Crippen molar-refractivity contribution in [3.05, 3.63) is 59.7 Å². The molecule has 0 fully saturated rings. The van der Waals surface area contributed by atoms with Crippen LogP contribution < -0.4 is 10.1 Å². The van der Waals surface area contributed by atoms with Gasteiger partial charge < -0.3 is 19.3 Å². The third-order valence-corrected chi connectivity index (χ3v) is 4.45. The average Bonchev–Trinajstić information content (AvgIpc) is 3.45. The molecule has 0 saturated carbocycles. The number of nitrogens with one attached hydrogen (secondary N) is 1. The summed E-state index contributed by atoms with van der Waals surface area (Å²) in [5, 5.41) is 23.5. The molecule has 11 nitrogen and oxygen atoms in total. The Morgan fingerprint density at radius 2 is 2.16 bits per heavy atom. The number of nitriles is 1. The van der Waals surface area contributed by atoms with E-state index in [2.05, 4.69) is 25.7 Å². The predicted octanol–water partition coefficient (Wildman–Crippen LogP) is 2.15. The smallest absolute Gasteiger partial charge is 0.252 e. The third-order valence-electron chi connectivity index (χ3n) is 4.45. The molecule has 0 saturated heterocycles. The molecular formula is C21H19N7O4. The number of rotatable bonds is 9. The van der Waals surface area contributed by atoms with E-state index in [1.807, 2.05) is 6.07 Å². The van der Waals surface area contributed by atoms with Crippen LogP contribution in [0.5, 0.6) is 5.75 Å². The minimum atomic E-state index is -0.271. The van der Waals surface area contributed by atoms with Crippen LogP contribution >= 0.6 is 0 Å². The van der Waals surface area contributed by atoms with E-state index < -0.39 is 0 Å². The van der Waals surface area contributed by atoms with Gasteiger partial charge in [0.25, 0.3) is 5.91 Å². The fourth-order valence-corrected chi connectivity index (χ4v) is 2.90. The lowest BCUT2D eigenvalue weighted by Gasteiger charge is -2.07. The topological polar surface area (TPSA) is 140 Å². The summed E-state index contributed by atoms with van der Waals surface area (Å²) in [6.07, 6.45) is 3.49. The van der Waals surface area contributed by atoms with Crippen LogP contribution in [0.3, 0.4) is 0 Å². The molecule has 0 bridgehead atoms. The summed E-state index contributed by atoms with van der Waals surface area (Å²) >= 11 is 0. The number of fused-ring (bicyclic) bond motifs is 1. The second kappa shape index (κ2) is 9.67. The Bertz CT molecular complexity index is 1260. The number of carbonyl (C=O) groups excluding carboxylic acids is 1. The van der Waals surface area contributed by atoms with Gasteiger partial charge in [0.1, 0.15) is 19.0 Å². The minimum Gasteiger partial charge on any atom is -0.486 e. The average molecular weight is 433 g/mol. The number of nitrogens with zero attached hydrogens (tertiary/aromatic N) is 6. The number of ether oxygens (including phenoxy) is 2. The molecule has 4 aromatic heterocycles. The molecule has 4 rings (SSSR count). The van der Waals surface area contributed by atoms with Crippen molar-refractivity contribution < 1.29 is 18.8 Å². The van der Waals surface area contributed by atoms with Crippen LogP contribution in [0.15, 0.2) is 47.2 Å². The van der Waals surface area contributed by atoms with Gasteiger partial charge in [-0.25, -0.2) is 0 Å². The lowest BCUT2D eigenvalue weighted by Crippen LogP contribution is -2.24. The first-order chi connectivity index (χ1) is 15.7. The van der Waals surface area contributed by atoms with Gasteiger partial charge in [0.05, 0.1) is 29.9 Å². The second-order valence-electron chi connectivity index (χ2n) is 6.72. The molecule has 0 aliphatic carbocycles. The Labute approximate surface area is 182 Å². The molecule has 0 aliphatic rings. The van der Waals surface area contributed by atoms with E-state index in [-0.39, 0.29) is 18.9 Å². The molecule has 1 N–H and O–H groups in total. The quantitative estimate of drug-likeness (QED) is 0.393. The molecule has 1 amide bonds. The van der Waals surface area contributed by atoms with Crippen LogP contribution in [0, 0.1) is 11.3 Å². The second-order valence-corrected chi connectivity index (χ2v) is 6.72. The van der Waals surface area contributed by atoms with E-state index in [1.165, 1.54) is 6.20 Å². The zero-order valence-electron chi connectivity index (χ0n) is 17.2. The first-order valence-electron chi connectivity index (χ1n) is 9.70. The summed E-state index contributed by atoms with van der Waals surface area (Å²) in [7, 11) is 1.58. The van der Waals surface area contributed by atoms with Gasteiger partial charge >= 0.3 is 0 Å². The van der Waals surface area contributed by atoms with Crippen molar-refractivity contribution in [2.45, 2.75) is 19.6 Å². The van der Waals surface area contributed by atoms with Gasteiger partial charge in [-0.3, -0.25) is 14.2 Å². The highest BCUT2D eigenvalue weighted by Gasteiger charge is 2.14. The van der Waals surface area contributed by atoms with Crippen LogP contribution in [0.4, 0.5) is 0 Å². The van der Waals surface area contributed by atoms with Crippen molar-refractivity contribution in [3.8, 4) is 23.3 Å². The molecule has 0 atom stereocenters. The van der Waals surface area contributed by atoms with E-state index >= 15 is 0 Å². The van der Waals surface area contributed by atoms with E-state index in [9.17, 15) is 4.79 Å². The van der Waals surface area contributed by atoms with E-state index in [0.717, 1.165) is 0 Å². The molecule has 32 heavy (non-hydrogen) atoms. The van der Waals surface area contributed by atoms with Crippen molar-refractivity contribution in [2.24, 2.45) is 0 Å². The SMILES string of the molecule is COCc1cc(-c2nnc3ccc(OCc4ccc(C(=O)NCCC#N)cn4)cn23)no1. The molecule has 4 aromatic rings. The summed E-state index contributed by atoms with van der Waals surface area (Å²) in [5.41, 5.74) is 2.24. The standard InChI is InChI=1S/C21H19N7O4/c1-30-13-17-9-18(27-32-17)20-26-25-19-6-5-16(11-28(19)20)31-12-15-4-3-14(10-24-15)21(29)23-8-2-7-22/h3-6,9-11H,2,8,12-13H2,1H3,(H,23,29). The maximum Gasteiger partial charge on any atom is 0.252 e. The van der Waals surface area contributed by atoms with Gasteiger partial charge in [0.2, 0.25) is 0 Å². The monoisotopic (exact) mass is 433 g/mol. The Morgan fingerprint density at radius 3 is 2.94 bits per heavy atom. The molecule has 0 aromatic carbocycles. The summed E-state index contributed by atoms with van der Waals surface area (Å²) in [6.45, 7) is 0.822. The number of hydrogen-bond donors (Lipinski definition) is 1. The Hall–Kier alpha value is -4.30. The van der Waals surface area contributed by atoms with Crippen LogP contribution in [-0.2, 0) is 18.0 Å². The lowest BCUT2D eigenvalue weighted by molar-refractivity contribution is 0.0954. The van der Waals surface area contributed by atoms with Gasteiger partial charge in [-0.2, -0.15) is 5.26 Å². The predicted molar refractivity (Wildman–Crippen MR) is 110 cm³/mol. The van der Waals surface area contributed by atoms with E-state index in [1.54, 1.807) is 48.0 Å². The first-order valence-corrected chi connectivity index (χ1v) is 9.70. The number of carbonyl (C=O) groups is 1. The van der Waals surface area contributed by atoms with Crippen LogP contribution in [-0.4, -0.2) is 44.3 Å². The number of aromatic nitrogens is 5. The zero-order valence-corrected chi connectivity index (χ0v) is 17.2. The molecular weight excluding hydrogens is 414 g/mol. The van der Waals surface area contributed by atoms with Crippen molar-refractivity contribution in [2.75, 3.05) is 13.7 Å². The highest BCUT2D eigenvalue weighted by molar-refractivity contribution is 5.93. The Morgan fingerprint density at radius 1 is 1.25 bits per heavy atom. The van der Waals surface area contributed by atoms with Crippen LogP contribution in [0.1, 0.15) is 28.2 Å². The van der Waals surface area contributed by atoms with Crippen molar-refractivity contribution >= 4 is 11.6 Å². The van der Waals surface area contributed by atoms with Crippen LogP contribution in [0.2, 0.25) is 0 Å². The largest absolute Gasteiger partial charge is 0.486 e. The van der Waals surface area contributed by atoms with E-state index in [0.29, 0.717) is 53.1 Å². The fourth-order valence-electron chi connectivity index (χ4n) is 2.90. The summed E-state index contributed by atoms with van der Waals surface area (Å²) in [6, 6.07) is 10.7. The maximum atomic E-state index is 12.0. The van der Waals surface area contributed by atoms with Crippen molar-refractivity contribution in [3.63, 3.8) is 0 Å². The molecule has 0 spiro atoms. The number of pyridine rings is 2. The first kappa shape index (κ1) is 21.0. The van der Waals surface area contributed by atoms with Gasteiger partial charge in [0.15, 0.2) is 22.9 Å². The van der Waals surface area contributed by atoms with Gasteiger partial charge in [0, 0.05) is 25.9 Å². The van der Waals surface area contributed by atoms with Crippen LogP contribution in [0.25, 0.3) is 17.2 Å². The molecule has 4 heterocycles. The molecule has 0 radical (unpaired) electrons. The maximum absolute atomic E-state index is 12.0. The fraction of sp³-hybridized carbons (Fsp3) is 0.238. The molecule has 11 heteroatoms. The molecule has 162 valence electrons. The highest BCUT2D eigenvalue weighted by Crippen LogP contribution is 2.22. The normalized spacial score (nSPS) is 10.8. The zero-order chi connectivity index (χ0) is 22.3. The lowest BCUT2D eigenvalue weighted by atomic mass is 10.2. The van der Waals surface area contributed by atoms with Crippen molar-refractivity contribution in [1.29, 1.82) is 5.26 Å².